The van der Waals surface area contributed by atoms with Crippen molar-refractivity contribution in [3.63, 3.8) is 0 Å². The first-order valence-electron chi connectivity index (χ1n) is 6.33. The Morgan fingerprint density at radius 2 is 2.10 bits per heavy atom. The molecule has 0 atom stereocenters. The van der Waals surface area contributed by atoms with E-state index >= 15 is 0 Å². The van der Waals surface area contributed by atoms with Gasteiger partial charge in [-0.2, -0.15) is 0 Å². The number of aromatic nitrogens is 3. The highest BCUT2D eigenvalue weighted by Gasteiger charge is 2.21. The van der Waals surface area contributed by atoms with Gasteiger partial charge in [-0.1, -0.05) is 37.3 Å². The maximum Gasteiger partial charge on any atom is 0.358 e. The van der Waals surface area contributed by atoms with Crippen LogP contribution in [0.5, 0.6) is 5.75 Å². The van der Waals surface area contributed by atoms with Crippen LogP contribution in [-0.4, -0.2) is 33.2 Å². The van der Waals surface area contributed by atoms with E-state index in [0.29, 0.717) is 12.2 Å². The van der Waals surface area contributed by atoms with E-state index in [0.717, 1.165) is 11.3 Å². The van der Waals surface area contributed by atoms with E-state index in [2.05, 4.69) is 10.3 Å². The van der Waals surface area contributed by atoms with Crippen molar-refractivity contribution in [3.05, 3.63) is 41.2 Å². The van der Waals surface area contributed by atoms with Crippen LogP contribution in [0.3, 0.4) is 0 Å². The summed E-state index contributed by atoms with van der Waals surface area (Å²) >= 11 is 0. The van der Waals surface area contributed by atoms with Crippen molar-refractivity contribution < 1.29 is 14.6 Å². The van der Waals surface area contributed by atoms with Crippen molar-refractivity contribution in [2.45, 2.75) is 26.3 Å². The monoisotopic (exact) mass is 275 g/mol. The maximum absolute atomic E-state index is 11.2. The molecule has 0 amide bonds. The summed E-state index contributed by atoms with van der Waals surface area (Å²) in [6.07, 6.45) is 0. The molecule has 0 fully saturated rings. The van der Waals surface area contributed by atoms with Gasteiger partial charge in [0.05, 0.1) is 19.3 Å². The Morgan fingerprint density at radius 3 is 2.70 bits per heavy atom. The van der Waals surface area contributed by atoms with E-state index < -0.39 is 5.97 Å². The molecule has 0 aliphatic rings. The number of carboxylic acid groups (broad SMARTS) is 1. The molecule has 106 valence electrons. The number of rotatable bonds is 5. The van der Waals surface area contributed by atoms with Gasteiger partial charge in [0.1, 0.15) is 5.75 Å². The highest BCUT2D eigenvalue weighted by molar-refractivity contribution is 5.86. The molecule has 2 aromatic rings. The van der Waals surface area contributed by atoms with Crippen LogP contribution in [0.25, 0.3) is 0 Å². The molecule has 1 N–H and O–H groups in total. The van der Waals surface area contributed by atoms with Gasteiger partial charge in [-0.05, 0) is 12.0 Å². The predicted octanol–water partition coefficient (Wildman–Crippen LogP) is 2.16. The Morgan fingerprint density at radius 1 is 1.40 bits per heavy atom. The second-order valence-electron chi connectivity index (χ2n) is 4.75. The summed E-state index contributed by atoms with van der Waals surface area (Å²) < 4.78 is 6.91. The number of ether oxygens (including phenoxy) is 1. The molecule has 0 spiro atoms. The molecule has 0 unspecified atom stereocenters. The lowest BCUT2D eigenvalue weighted by molar-refractivity contribution is 0.0688. The number of aromatic carboxylic acids is 1. The Hall–Kier alpha value is -2.37. The maximum atomic E-state index is 11.2. The quantitative estimate of drug-likeness (QED) is 0.904. The van der Waals surface area contributed by atoms with E-state index in [9.17, 15) is 4.79 Å². The zero-order valence-corrected chi connectivity index (χ0v) is 11.7. The van der Waals surface area contributed by atoms with E-state index in [4.69, 9.17) is 9.84 Å². The third-order valence-corrected chi connectivity index (χ3v) is 3.04. The lowest BCUT2D eigenvalue weighted by Gasteiger charge is -2.12. The molecular weight excluding hydrogens is 258 g/mol. The fraction of sp³-hybridized carbons (Fsp3) is 0.357. The van der Waals surface area contributed by atoms with Gasteiger partial charge in [0.15, 0.2) is 5.69 Å². The first-order valence-corrected chi connectivity index (χ1v) is 6.33. The standard InChI is InChI=1S/C14H17N3O3/c1-9(2)13-12(14(18)19)15-16-17(13)8-10-6-4-5-7-11(10)20-3/h4-7,9H,8H2,1-3H3,(H,18,19). The summed E-state index contributed by atoms with van der Waals surface area (Å²) in [5.74, 6) is -0.291. The van der Waals surface area contributed by atoms with Crippen LogP contribution >= 0.6 is 0 Å². The minimum atomic E-state index is -1.06. The van der Waals surface area contributed by atoms with Gasteiger partial charge in [0, 0.05) is 5.56 Å². The highest BCUT2D eigenvalue weighted by atomic mass is 16.5. The van der Waals surface area contributed by atoms with Gasteiger partial charge in [-0.3, -0.25) is 0 Å². The second-order valence-corrected chi connectivity index (χ2v) is 4.75. The number of para-hydroxylation sites is 1. The zero-order valence-electron chi connectivity index (χ0n) is 11.7. The minimum absolute atomic E-state index is 0.00916. The largest absolute Gasteiger partial charge is 0.496 e. The van der Waals surface area contributed by atoms with Crippen molar-refractivity contribution >= 4 is 5.97 Å². The van der Waals surface area contributed by atoms with Gasteiger partial charge in [0.25, 0.3) is 0 Å². The van der Waals surface area contributed by atoms with Crippen LogP contribution < -0.4 is 4.74 Å². The molecule has 1 aromatic carbocycles. The van der Waals surface area contributed by atoms with E-state index in [-0.39, 0.29) is 11.6 Å². The van der Waals surface area contributed by atoms with Crippen molar-refractivity contribution in [2.75, 3.05) is 7.11 Å². The number of carboxylic acids is 1. The number of hydrogen-bond donors (Lipinski definition) is 1. The molecule has 0 aliphatic heterocycles. The lowest BCUT2D eigenvalue weighted by Crippen LogP contribution is -2.11. The Bertz CT molecular complexity index is 620. The molecule has 1 aromatic heterocycles. The van der Waals surface area contributed by atoms with Gasteiger partial charge < -0.3 is 9.84 Å². The number of benzene rings is 1. The first kappa shape index (κ1) is 14.0. The SMILES string of the molecule is COc1ccccc1Cn1nnc(C(=O)O)c1C(C)C. The summed E-state index contributed by atoms with van der Waals surface area (Å²) in [5, 5.41) is 16.9. The summed E-state index contributed by atoms with van der Waals surface area (Å²) in [7, 11) is 1.60. The van der Waals surface area contributed by atoms with Crippen LogP contribution in [0.1, 0.15) is 41.5 Å². The molecule has 0 saturated carbocycles. The van der Waals surface area contributed by atoms with Crippen LogP contribution in [-0.2, 0) is 6.54 Å². The predicted molar refractivity (Wildman–Crippen MR) is 73.2 cm³/mol. The lowest BCUT2D eigenvalue weighted by atomic mass is 10.1. The highest BCUT2D eigenvalue weighted by Crippen LogP contribution is 2.22. The van der Waals surface area contributed by atoms with Crippen molar-refractivity contribution in [1.82, 2.24) is 15.0 Å². The molecule has 0 saturated heterocycles. The van der Waals surface area contributed by atoms with Gasteiger partial charge in [-0.25, -0.2) is 9.48 Å². The summed E-state index contributed by atoms with van der Waals surface area (Å²) in [4.78, 5) is 11.2. The number of nitrogens with zero attached hydrogens (tertiary/aromatic N) is 3. The van der Waals surface area contributed by atoms with Gasteiger partial charge in [-0.15, -0.1) is 5.10 Å². The summed E-state index contributed by atoms with van der Waals surface area (Å²) in [6.45, 7) is 4.27. The summed E-state index contributed by atoms with van der Waals surface area (Å²) in [6, 6.07) is 7.57. The summed E-state index contributed by atoms with van der Waals surface area (Å²) in [5.41, 5.74) is 1.55. The normalized spacial score (nSPS) is 10.8. The Kier molecular flexibility index (Phi) is 4.02. The Balaban J connectivity index is 2.41. The topological polar surface area (TPSA) is 77.2 Å². The average molecular weight is 275 g/mol. The molecule has 0 radical (unpaired) electrons. The molecule has 2 rings (SSSR count). The third-order valence-electron chi connectivity index (χ3n) is 3.04. The average Bonchev–Trinajstić information content (AvgIpc) is 2.83. The molecular formula is C14H17N3O3. The zero-order chi connectivity index (χ0) is 14.7. The van der Waals surface area contributed by atoms with E-state index in [1.54, 1.807) is 11.8 Å². The molecule has 20 heavy (non-hydrogen) atoms. The first-order chi connectivity index (χ1) is 9.54. The smallest absolute Gasteiger partial charge is 0.358 e. The van der Waals surface area contributed by atoms with Crippen molar-refractivity contribution in [2.24, 2.45) is 0 Å². The molecule has 6 nitrogen and oxygen atoms in total. The van der Waals surface area contributed by atoms with Gasteiger partial charge >= 0.3 is 5.97 Å². The van der Waals surface area contributed by atoms with Gasteiger partial charge in [0.2, 0.25) is 0 Å². The van der Waals surface area contributed by atoms with Crippen LogP contribution in [0.4, 0.5) is 0 Å². The minimum Gasteiger partial charge on any atom is -0.496 e. The molecule has 6 heteroatoms. The van der Waals surface area contributed by atoms with Crippen molar-refractivity contribution in [1.29, 1.82) is 0 Å². The number of hydrogen-bond acceptors (Lipinski definition) is 4. The van der Waals surface area contributed by atoms with E-state index in [1.165, 1.54) is 0 Å². The fourth-order valence-corrected chi connectivity index (χ4v) is 2.16. The third kappa shape index (κ3) is 2.64. The van der Waals surface area contributed by atoms with E-state index in [1.807, 2.05) is 38.1 Å². The van der Waals surface area contributed by atoms with Crippen LogP contribution in [0, 0.1) is 0 Å². The molecule has 0 bridgehead atoms. The number of carbonyl (C=O) groups is 1. The second kappa shape index (κ2) is 5.73. The fourth-order valence-electron chi connectivity index (χ4n) is 2.16. The Labute approximate surface area is 117 Å². The number of methoxy groups -OCH3 is 1. The van der Waals surface area contributed by atoms with Crippen molar-refractivity contribution in [3.8, 4) is 5.75 Å². The molecule has 1 heterocycles. The van der Waals surface area contributed by atoms with Crippen LogP contribution in [0.15, 0.2) is 24.3 Å². The van der Waals surface area contributed by atoms with Crippen LogP contribution in [0.2, 0.25) is 0 Å². The molecule has 0 aliphatic carbocycles.